The van der Waals surface area contributed by atoms with Crippen molar-refractivity contribution in [3.8, 4) is 5.88 Å². The largest absolute Gasteiger partial charge is 0.467 e. The van der Waals surface area contributed by atoms with Crippen molar-refractivity contribution in [2.75, 3.05) is 6.61 Å². The molecule has 2 fully saturated rings. The summed E-state index contributed by atoms with van der Waals surface area (Å²) in [4.78, 5) is 36.1. The van der Waals surface area contributed by atoms with E-state index in [2.05, 4.69) is 15.3 Å². The Morgan fingerprint density at radius 1 is 1.12 bits per heavy atom. The second-order valence-electron chi connectivity index (χ2n) is 8.96. The topological polar surface area (TPSA) is 84.4 Å². The van der Waals surface area contributed by atoms with Gasteiger partial charge in [-0.25, -0.2) is 14.4 Å². The molecule has 2 amide bonds. The molecule has 0 unspecified atom stereocenters. The van der Waals surface area contributed by atoms with Crippen molar-refractivity contribution < 1.29 is 18.7 Å². The number of para-hydroxylation sites is 1. The molecule has 0 bridgehead atoms. The minimum Gasteiger partial charge on any atom is -0.467 e. The van der Waals surface area contributed by atoms with E-state index in [9.17, 15) is 14.0 Å². The first-order valence-electron chi connectivity index (χ1n) is 11.8. The highest BCUT2D eigenvalue weighted by atomic mass is 19.1. The van der Waals surface area contributed by atoms with Gasteiger partial charge in [0.25, 0.3) is 5.91 Å². The summed E-state index contributed by atoms with van der Waals surface area (Å²) in [5.74, 6) is -0.109. The number of rotatable bonds is 5. The number of nitrogens with zero attached hydrogens (tertiary/aromatic N) is 3. The first-order chi connectivity index (χ1) is 16.6. The van der Waals surface area contributed by atoms with Gasteiger partial charge < -0.3 is 15.0 Å². The van der Waals surface area contributed by atoms with E-state index in [0.717, 1.165) is 30.2 Å². The van der Waals surface area contributed by atoms with Gasteiger partial charge in [0.05, 0.1) is 23.0 Å². The molecule has 2 aromatic carbocycles. The van der Waals surface area contributed by atoms with Crippen molar-refractivity contribution in [2.45, 2.75) is 56.7 Å². The third kappa shape index (κ3) is 4.58. The Balaban J connectivity index is 1.39. The Morgan fingerprint density at radius 2 is 1.94 bits per heavy atom. The molecule has 1 N–H and O–H groups in total. The molecule has 3 heterocycles. The molecule has 0 radical (unpaired) electrons. The number of likely N-dealkylation sites (tertiary alicyclic amines) is 1. The number of carbonyl (C=O) groups is 2. The Morgan fingerprint density at radius 3 is 2.82 bits per heavy atom. The first-order valence-corrected chi connectivity index (χ1v) is 11.8. The minimum absolute atomic E-state index is 0.0114. The van der Waals surface area contributed by atoms with Crippen LogP contribution in [-0.4, -0.2) is 51.4 Å². The van der Waals surface area contributed by atoms with Crippen LogP contribution in [-0.2, 0) is 16.0 Å². The van der Waals surface area contributed by atoms with Crippen LogP contribution >= 0.6 is 0 Å². The molecule has 3 aromatic rings. The van der Waals surface area contributed by atoms with Crippen molar-refractivity contribution in [2.24, 2.45) is 0 Å². The van der Waals surface area contributed by atoms with Crippen molar-refractivity contribution in [3.63, 3.8) is 0 Å². The number of carbonyl (C=O) groups excluding carboxylic acids is 2. The van der Waals surface area contributed by atoms with Gasteiger partial charge in [-0.3, -0.25) is 9.59 Å². The van der Waals surface area contributed by atoms with E-state index in [1.54, 1.807) is 18.2 Å². The molecule has 2 aliphatic heterocycles. The summed E-state index contributed by atoms with van der Waals surface area (Å²) in [5.41, 5.74) is 1.30. The van der Waals surface area contributed by atoms with Crippen LogP contribution in [0.25, 0.3) is 10.9 Å². The molecule has 1 aromatic heterocycles. The van der Waals surface area contributed by atoms with E-state index >= 15 is 0 Å². The lowest BCUT2D eigenvalue weighted by Gasteiger charge is -2.33. The number of amides is 2. The zero-order valence-corrected chi connectivity index (χ0v) is 18.8. The van der Waals surface area contributed by atoms with Gasteiger partial charge in [-0.1, -0.05) is 36.8 Å². The average Bonchev–Trinajstić information content (AvgIpc) is 3.16. The van der Waals surface area contributed by atoms with E-state index < -0.39 is 0 Å². The van der Waals surface area contributed by atoms with Crippen molar-refractivity contribution >= 4 is 22.7 Å². The fraction of sp³-hybridized carbons (Fsp3) is 0.385. The molecule has 0 aliphatic carbocycles. The Hall–Kier alpha value is -3.55. The summed E-state index contributed by atoms with van der Waals surface area (Å²) < 4.78 is 20.3. The molecule has 2 saturated heterocycles. The second kappa shape index (κ2) is 9.75. The molecule has 7 nitrogen and oxygen atoms in total. The van der Waals surface area contributed by atoms with E-state index in [4.69, 9.17) is 4.74 Å². The van der Waals surface area contributed by atoms with Crippen LogP contribution in [0, 0.1) is 5.82 Å². The molecular formula is C26H27FN4O3. The smallest absolute Gasteiger partial charge is 0.261 e. The first kappa shape index (κ1) is 22.3. The lowest BCUT2D eigenvalue weighted by Crippen LogP contribution is -2.50. The third-order valence-corrected chi connectivity index (χ3v) is 6.78. The van der Waals surface area contributed by atoms with Crippen LogP contribution in [0.5, 0.6) is 5.88 Å². The number of halogens is 1. The quantitative estimate of drug-likeness (QED) is 0.628. The molecular weight excluding hydrogens is 435 g/mol. The van der Waals surface area contributed by atoms with Gasteiger partial charge in [0, 0.05) is 12.5 Å². The number of aromatic nitrogens is 2. The molecule has 0 spiro atoms. The lowest BCUT2D eigenvalue weighted by atomic mass is 9.97. The van der Waals surface area contributed by atoms with Crippen LogP contribution in [0.1, 0.15) is 37.7 Å². The monoisotopic (exact) mass is 462 g/mol. The second-order valence-corrected chi connectivity index (χ2v) is 8.96. The predicted molar refractivity (Wildman–Crippen MR) is 125 cm³/mol. The normalized spacial score (nSPS) is 22.6. The van der Waals surface area contributed by atoms with Crippen LogP contribution in [0.2, 0.25) is 0 Å². The molecule has 5 rings (SSSR count). The predicted octanol–water partition coefficient (Wildman–Crippen LogP) is 3.42. The SMILES string of the molecule is O=C1CCCC[C@H]2[C@@H](C[C@H](Cc3ccccc3F)N2C(=O)COc2ncnc3ccccc23)N1. The zero-order chi connectivity index (χ0) is 23.5. The van der Waals surface area contributed by atoms with Crippen LogP contribution in [0.4, 0.5) is 4.39 Å². The highest BCUT2D eigenvalue weighted by Crippen LogP contribution is 2.33. The van der Waals surface area contributed by atoms with Gasteiger partial charge in [0.1, 0.15) is 12.1 Å². The molecule has 34 heavy (non-hydrogen) atoms. The Kier molecular flexibility index (Phi) is 6.38. The van der Waals surface area contributed by atoms with Crippen molar-refractivity contribution in [3.05, 3.63) is 66.2 Å². The van der Waals surface area contributed by atoms with Gasteiger partial charge in [-0.05, 0) is 49.4 Å². The minimum atomic E-state index is -0.285. The number of hydrogen-bond acceptors (Lipinski definition) is 5. The Labute approximate surface area is 197 Å². The summed E-state index contributed by atoms with van der Waals surface area (Å²) in [5, 5.41) is 3.84. The Bertz CT molecular complexity index is 1200. The summed E-state index contributed by atoms with van der Waals surface area (Å²) >= 11 is 0. The molecule has 2 aliphatic rings. The van der Waals surface area contributed by atoms with E-state index in [1.165, 1.54) is 12.4 Å². The maximum absolute atomic E-state index is 14.4. The number of ether oxygens (including phenoxy) is 1. The van der Waals surface area contributed by atoms with E-state index in [-0.39, 0.29) is 42.4 Å². The van der Waals surface area contributed by atoms with Gasteiger partial charge >= 0.3 is 0 Å². The number of hydrogen-bond donors (Lipinski definition) is 1. The fourth-order valence-electron chi connectivity index (χ4n) is 5.23. The van der Waals surface area contributed by atoms with Crippen molar-refractivity contribution in [1.29, 1.82) is 0 Å². The summed E-state index contributed by atoms with van der Waals surface area (Å²) in [6.07, 6.45) is 5.34. The summed E-state index contributed by atoms with van der Waals surface area (Å²) in [6, 6.07) is 13.6. The van der Waals surface area contributed by atoms with Crippen LogP contribution in [0.3, 0.4) is 0 Å². The van der Waals surface area contributed by atoms with Crippen LogP contribution in [0.15, 0.2) is 54.9 Å². The maximum atomic E-state index is 14.4. The molecule has 0 saturated carbocycles. The van der Waals surface area contributed by atoms with Gasteiger partial charge in [-0.15, -0.1) is 0 Å². The summed E-state index contributed by atoms with van der Waals surface area (Å²) in [6.45, 7) is -0.189. The van der Waals surface area contributed by atoms with Gasteiger partial charge in [-0.2, -0.15) is 0 Å². The zero-order valence-electron chi connectivity index (χ0n) is 18.8. The van der Waals surface area contributed by atoms with Crippen LogP contribution < -0.4 is 10.1 Å². The fourth-order valence-corrected chi connectivity index (χ4v) is 5.23. The van der Waals surface area contributed by atoms with Gasteiger partial charge in [0.15, 0.2) is 6.61 Å². The standard InChI is InChI=1S/C26H27FN4O3/c27-20-9-3-1-7-17(20)13-18-14-22-23(11-5-6-12-24(32)30-22)31(18)25(33)15-34-26-19-8-2-4-10-21(19)28-16-29-26/h1-4,7-10,16,18,22-23H,5-6,11-15H2,(H,30,32)/t18-,22+,23-/m0/s1. The number of nitrogens with one attached hydrogen (secondary N) is 1. The highest BCUT2D eigenvalue weighted by molar-refractivity contribution is 5.84. The molecule has 8 heteroatoms. The van der Waals surface area contributed by atoms with E-state index in [0.29, 0.717) is 30.7 Å². The number of fused-ring (bicyclic) bond motifs is 2. The average molecular weight is 463 g/mol. The maximum Gasteiger partial charge on any atom is 0.261 e. The van der Waals surface area contributed by atoms with E-state index in [1.807, 2.05) is 29.2 Å². The highest BCUT2D eigenvalue weighted by Gasteiger charge is 2.44. The van der Waals surface area contributed by atoms with Gasteiger partial charge in [0.2, 0.25) is 11.8 Å². The van der Waals surface area contributed by atoms with Crippen molar-refractivity contribution in [1.82, 2.24) is 20.2 Å². The summed E-state index contributed by atoms with van der Waals surface area (Å²) in [7, 11) is 0. The lowest BCUT2D eigenvalue weighted by molar-refractivity contribution is -0.137. The molecule has 3 atom stereocenters. The number of benzene rings is 2. The molecule has 176 valence electrons. The third-order valence-electron chi connectivity index (χ3n) is 6.78.